The molecule has 1 aliphatic rings. The highest BCUT2D eigenvalue weighted by Crippen LogP contribution is 2.18. The zero-order valence-corrected chi connectivity index (χ0v) is 11.4. The second-order valence-corrected chi connectivity index (χ2v) is 5.15. The lowest BCUT2D eigenvalue weighted by atomic mass is 9.98. The van der Waals surface area contributed by atoms with Crippen LogP contribution in [0.5, 0.6) is 0 Å². The van der Waals surface area contributed by atoms with Crippen LogP contribution in [0.1, 0.15) is 40.5 Å². The third-order valence-electron chi connectivity index (χ3n) is 3.80. The topological polar surface area (TPSA) is 24.5 Å². The van der Waals surface area contributed by atoms with Crippen molar-refractivity contribution < 1.29 is 4.74 Å². The molecule has 96 valence electrons. The second kappa shape index (κ2) is 6.58. The van der Waals surface area contributed by atoms with E-state index in [0.717, 1.165) is 32.8 Å². The van der Waals surface area contributed by atoms with Crippen LogP contribution in [0.15, 0.2) is 0 Å². The van der Waals surface area contributed by atoms with E-state index in [1.165, 1.54) is 12.8 Å². The molecule has 0 spiro atoms. The molecule has 1 aliphatic heterocycles. The van der Waals surface area contributed by atoms with E-state index in [2.05, 4.69) is 37.9 Å². The van der Waals surface area contributed by atoms with Gasteiger partial charge in [-0.3, -0.25) is 4.90 Å². The van der Waals surface area contributed by atoms with Gasteiger partial charge in [-0.25, -0.2) is 0 Å². The van der Waals surface area contributed by atoms with Gasteiger partial charge in [0.1, 0.15) is 0 Å². The fraction of sp³-hybridized carbons (Fsp3) is 1.00. The standard InChI is InChI=1S/C13H28N2O/c1-5-13(4)11-15(9-10-16-6-2)12(3)7-8-14-13/h12,14H,5-11H2,1-4H3. The van der Waals surface area contributed by atoms with Gasteiger partial charge < -0.3 is 10.1 Å². The summed E-state index contributed by atoms with van der Waals surface area (Å²) in [6.07, 6.45) is 2.42. The van der Waals surface area contributed by atoms with Gasteiger partial charge in [-0.05, 0) is 40.2 Å². The van der Waals surface area contributed by atoms with Crippen molar-refractivity contribution in [2.45, 2.75) is 52.1 Å². The molecular formula is C13H28N2O. The summed E-state index contributed by atoms with van der Waals surface area (Å²) < 4.78 is 5.47. The van der Waals surface area contributed by atoms with Crippen molar-refractivity contribution in [3.05, 3.63) is 0 Å². The minimum absolute atomic E-state index is 0.275. The van der Waals surface area contributed by atoms with E-state index in [4.69, 9.17) is 4.74 Å². The van der Waals surface area contributed by atoms with Gasteiger partial charge >= 0.3 is 0 Å². The molecule has 1 rings (SSSR count). The van der Waals surface area contributed by atoms with E-state index in [1.807, 2.05) is 0 Å². The number of ether oxygens (including phenoxy) is 1. The van der Waals surface area contributed by atoms with E-state index < -0.39 is 0 Å². The summed E-state index contributed by atoms with van der Waals surface area (Å²) >= 11 is 0. The minimum Gasteiger partial charge on any atom is -0.380 e. The molecule has 2 atom stereocenters. The molecule has 16 heavy (non-hydrogen) atoms. The summed E-state index contributed by atoms with van der Waals surface area (Å²) in [7, 11) is 0. The summed E-state index contributed by atoms with van der Waals surface area (Å²) in [6, 6.07) is 0.668. The molecule has 1 fully saturated rings. The minimum atomic E-state index is 0.275. The van der Waals surface area contributed by atoms with Crippen LogP contribution in [0.25, 0.3) is 0 Å². The molecule has 0 radical (unpaired) electrons. The fourth-order valence-corrected chi connectivity index (χ4v) is 2.29. The molecule has 0 aliphatic carbocycles. The summed E-state index contributed by atoms with van der Waals surface area (Å²) in [5.74, 6) is 0. The zero-order chi connectivity index (χ0) is 12.0. The molecule has 0 amide bonds. The van der Waals surface area contributed by atoms with Crippen LogP contribution in [0.4, 0.5) is 0 Å². The highest BCUT2D eigenvalue weighted by atomic mass is 16.5. The molecule has 0 aromatic rings. The quantitative estimate of drug-likeness (QED) is 0.727. The summed E-state index contributed by atoms with van der Waals surface area (Å²) in [5, 5.41) is 3.68. The summed E-state index contributed by atoms with van der Waals surface area (Å²) in [4.78, 5) is 2.57. The zero-order valence-electron chi connectivity index (χ0n) is 11.4. The number of hydrogen-bond acceptors (Lipinski definition) is 3. The van der Waals surface area contributed by atoms with Crippen LogP contribution in [-0.4, -0.2) is 49.3 Å². The van der Waals surface area contributed by atoms with Crippen molar-refractivity contribution in [1.29, 1.82) is 0 Å². The maximum Gasteiger partial charge on any atom is 0.0593 e. The van der Waals surface area contributed by atoms with Gasteiger partial charge in [0.05, 0.1) is 6.61 Å². The first kappa shape index (κ1) is 13.9. The second-order valence-electron chi connectivity index (χ2n) is 5.15. The first-order chi connectivity index (χ1) is 7.61. The van der Waals surface area contributed by atoms with E-state index >= 15 is 0 Å². The average molecular weight is 228 g/mol. The lowest BCUT2D eigenvalue weighted by Crippen LogP contribution is -2.50. The Labute approximate surface area is 101 Å². The van der Waals surface area contributed by atoms with Crippen molar-refractivity contribution in [2.75, 3.05) is 32.8 Å². The van der Waals surface area contributed by atoms with E-state index in [-0.39, 0.29) is 5.54 Å². The predicted octanol–water partition coefficient (Wildman–Crippen LogP) is 1.88. The van der Waals surface area contributed by atoms with Gasteiger partial charge in [0.25, 0.3) is 0 Å². The largest absolute Gasteiger partial charge is 0.380 e. The fourth-order valence-electron chi connectivity index (χ4n) is 2.29. The molecule has 3 nitrogen and oxygen atoms in total. The monoisotopic (exact) mass is 228 g/mol. The Hall–Kier alpha value is -0.120. The Balaban J connectivity index is 2.49. The Kier molecular flexibility index (Phi) is 5.73. The van der Waals surface area contributed by atoms with Crippen LogP contribution in [0.3, 0.4) is 0 Å². The number of rotatable bonds is 5. The molecule has 1 N–H and O–H groups in total. The first-order valence-electron chi connectivity index (χ1n) is 6.68. The van der Waals surface area contributed by atoms with Crippen LogP contribution >= 0.6 is 0 Å². The highest BCUT2D eigenvalue weighted by Gasteiger charge is 2.29. The lowest BCUT2D eigenvalue weighted by Gasteiger charge is -2.34. The maximum atomic E-state index is 5.47. The Bertz CT molecular complexity index is 198. The number of hydrogen-bond donors (Lipinski definition) is 1. The molecule has 2 unspecified atom stereocenters. The molecule has 0 aromatic carbocycles. The van der Waals surface area contributed by atoms with Crippen LogP contribution in [0.2, 0.25) is 0 Å². The molecule has 1 saturated heterocycles. The van der Waals surface area contributed by atoms with Crippen molar-refractivity contribution >= 4 is 0 Å². The van der Waals surface area contributed by atoms with Gasteiger partial charge in [0.2, 0.25) is 0 Å². The van der Waals surface area contributed by atoms with E-state index in [0.29, 0.717) is 6.04 Å². The molecule has 0 saturated carbocycles. The van der Waals surface area contributed by atoms with Crippen molar-refractivity contribution in [2.24, 2.45) is 0 Å². The molecule has 1 heterocycles. The molecule has 3 heteroatoms. The van der Waals surface area contributed by atoms with Gasteiger partial charge in [0, 0.05) is 31.3 Å². The Morgan fingerprint density at radius 3 is 2.81 bits per heavy atom. The van der Waals surface area contributed by atoms with Crippen molar-refractivity contribution in [3.8, 4) is 0 Å². The normalized spacial score (nSPS) is 32.6. The molecular weight excluding hydrogens is 200 g/mol. The highest BCUT2D eigenvalue weighted by molar-refractivity contribution is 4.90. The number of nitrogens with zero attached hydrogens (tertiary/aromatic N) is 1. The first-order valence-corrected chi connectivity index (χ1v) is 6.68. The third kappa shape index (κ3) is 4.04. The van der Waals surface area contributed by atoms with E-state index in [1.54, 1.807) is 0 Å². The maximum absolute atomic E-state index is 5.47. The smallest absolute Gasteiger partial charge is 0.0593 e. The van der Waals surface area contributed by atoms with Crippen molar-refractivity contribution in [1.82, 2.24) is 10.2 Å². The summed E-state index contributed by atoms with van der Waals surface area (Å²) in [5.41, 5.74) is 0.275. The van der Waals surface area contributed by atoms with Gasteiger partial charge in [-0.2, -0.15) is 0 Å². The van der Waals surface area contributed by atoms with Crippen LogP contribution in [-0.2, 0) is 4.74 Å². The predicted molar refractivity (Wildman–Crippen MR) is 68.8 cm³/mol. The molecule has 0 aromatic heterocycles. The third-order valence-corrected chi connectivity index (χ3v) is 3.80. The van der Waals surface area contributed by atoms with E-state index in [9.17, 15) is 0 Å². The van der Waals surface area contributed by atoms with Gasteiger partial charge in [-0.1, -0.05) is 6.92 Å². The SMILES string of the molecule is CCOCCN1CC(C)(CC)NCCC1C. The van der Waals surface area contributed by atoms with Crippen LogP contribution in [0, 0.1) is 0 Å². The van der Waals surface area contributed by atoms with Crippen molar-refractivity contribution in [3.63, 3.8) is 0 Å². The lowest BCUT2D eigenvalue weighted by molar-refractivity contribution is 0.0881. The summed E-state index contributed by atoms with van der Waals surface area (Å²) in [6.45, 7) is 14.0. The average Bonchev–Trinajstić information content (AvgIpc) is 2.41. The number of nitrogens with one attached hydrogen (secondary N) is 1. The van der Waals surface area contributed by atoms with Gasteiger partial charge in [0.15, 0.2) is 0 Å². The molecule has 0 bridgehead atoms. The van der Waals surface area contributed by atoms with Gasteiger partial charge in [-0.15, -0.1) is 0 Å². The van der Waals surface area contributed by atoms with Crippen LogP contribution < -0.4 is 5.32 Å². The Morgan fingerprint density at radius 1 is 1.44 bits per heavy atom. The Morgan fingerprint density at radius 2 is 2.19 bits per heavy atom.